The Morgan fingerprint density at radius 3 is 2.35 bits per heavy atom. The first-order valence-electron chi connectivity index (χ1n) is 9.79. The van der Waals surface area contributed by atoms with Gasteiger partial charge in [0.1, 0.15) is 10.9 Å². The number of benzene rings is 2. The summed E-state index contributed by atoms with van der Waals surface area (Å²) in [6, 6.07) is 11.5. The van der Waals surface area contributed by atoms with Crippen LogP contribution in [-0.4, -0.2) is 55.4 Å². The van der Waals surface area contributed by atoms with E-state index in [4.69, 9.17) is 0 Å². The SMILES string of the molecule is CS(=O)(=O)c1ccc(C(=O)NC(Cc2ccccc2)C(=O)N2CCCC2)cc1[N+](=O)[O-]. The van der Waals surface area contributed by atoms with Crippen LogP contribution in [0.4, 0.5) is 5.69 Å². The summed E-state index contributed by atoms with van der Waals surface area (Å²) >= 11 is 0. The van der Waals surface area contributed by atoms with Crippen molar-refractivity contribution in [3.63, 3.8) is 0 Å². The summed E-state index contributed by atoms with van der Waals surface area (Å²) in [5.74, 6) is -0.895. The van der Waals surface area contributed by atoms with Gasteiger partial charge in [-0.1, -0.05) is 30.3 Å². The Balaban J connectivity index is 1.88. The van der Waals surface area contributed by atoms with Gasteiger partial charge >= 0.3 is 0 Å². The lowest BCUT2D eigenvalue weighted by atomic mass is 10.0. The van der Waals surface area contributed by atoms with Crippen molar-refractivity contribution in [2.45, 2.75) is 30.2 Å². The third-order valence-corrected chi connectivity index (χ3v) is 6.27. The molecular formula is C21H23N3O6S. The van der Waals surface area contributed by atoms with Crippen molar-refractivity contribution < 1.29 is 22.9 Å². The van der Waals surface area contributed by atoms with Crippen molar-refractivity contribution in [1.29, 1.82) is 0 Å². The van der Waals surface area contributed by atoms with Crippen molar-refractivity contribution in [2.24, 2.45) is 0 Å². The average molecular weight is 445 g/mol. The molecular weight excluding hydrogens is 422 g/mol. The van der Waals surface area contributed by atoms with Gasteiger partial charge in [0, 0.05) is 37.4 Å². The quantitative estimate of drug-likeness (QED) is 0.513. The number of carbonyl (C=O) groups excluding carboxylic acids is 2. The number of hydrogen-bond donors (Lipinski definition) is 1. The van der Waals surface area contributed by atoms with Crippen molar-refractivity contribution >= 4 is 27.3 Å². The monoisotopic (exact) mass is 445 g/mol. The molecule has 1 unspecified atom stereocenters. The Kier molecular flexibility index (Phi) is 6.69. The molecule has 0 aromatic heterocycles. The normalized spacial score (nSPS) is 14.8. The molecule has 1 atom stereocenters. The van der Waals surface area contributed by atoms with E-state index in [2.05, 4.69) is 5.32 Å². The van der Waals surface area contributed by atoms with E-state index in [0.717, 1.165) is 36.8 Å². The molecule has 1 fully saturated rings. The van der Waals surface area contributed by atoms with Crippen molar-refractivity contribution in [3.8, 4) is 0 Å². The third kappa shape index (κ3) is 5.46. The van der Waals surface area contributed by atoms with Crippen LogP contribution in [0.2, 0.25) is 0 Å². The van der Waals surface area contributed by atoms with Crippen LogP contribution in [0, 0.1) is 10.1 Å². The zero-order valence-corrected chi connectivity index (χ0v) is 17.8. The summed E-state index contributed by atoms with van der Waals surface area (Å²) in [7, 11) is -3.84. The van der Waals surface area contributed by atoms with Gasteiger partial charge < -0.3 is 10.2 Å². The molecule has 0 radical (unpaired) electrons. The fourth-order valence-electron chi connectivity index (χ4n) is 3.56. The average Bonchev–Trinajstić information content (AvgIpc) is 3.27. The van der Waals surface area contributed by atoms with Gasteiger partial charge in [-0.2, -0.15) is 0 Å². The Morgan fingerprint density at radius 2 is 1.77 bits per heavy atom. The molecule has 3 rings (SSSR count). The number of nitrogens with zero attached hydrogens (tertiary/aromatic N) is 2. The molecule has 0 aliphatic carbocycles. The Hall–Kier alpha value is -3.27. The smallest absolute Gasteiger partial charge is 0.288 e. The summed E-state index contributed by atoms with van der Waals surface area (Å²) < 4.78 is 23.6. The van der Waals surface area contributed by atoms with E-state index in [9.17, 15) is 28.1 Å². The van der Waals surface area contributed by atoms with E-state index in [1.54, 1.807) is 4.90 Å². The summed E-state index contributed by atoms with van der Waals surface area (Å²) in [5, 5.41) is 14.0. The van der Waals surface area contributed by atoms with E-state index in [1.807, 2.05) is 30.3 Å². The highest BCUT2D eigenvalue weighted by atomic mass is 32.2. The van der Waals surface area contributed by atoms with Crippen LogP contribution >= 0.6 is 0 Å². The van der Waals surface area contributed by atoms with Gasteiger partial charge in [-0.05, 0) is 30.5 Å². The molecule has 1 aliphatic heterocycles. The van der Waals surface area contributed by atoms with Crippen molar-refractivity contribution in [1.82, 2.24) is 10.2 Å². The number of amides is 2. The summed E-state index contributed by atoms with van der Waals surface area (Å²) in [6.45, 7) is 1.24. The number of likely N-dealkylation sites (tertiary alicyclic amines) is 1. The predicted octanol–water partition coefficient (Wildman–Crippen LogP) is 1.96. The molecule has 2 amide bonds. The highest BCUT2D eigenvalue weighted by Crippen LogP contribution is 2.25. The minimum Gasteiger partial charge on any atom is -0.341 e. The fraction of sp³-hybridized carbons (Fsp3) is 0.333. The molecule has 31 heavy (non-hydrogen) atoms. The molecule has 1 aliphatic rings. The molecule has 0 saturated carbocycles. The second-order valence-corrected chi connectivity index (χ2v) is 9.44. The maximum Gasteiger partial charge on any atom is 0.288 e. The number of hydrogen-bond acceptors (Lipinski definition) is 6. The number of nitro benzene ring substituents is 1. The van der Waals surface area contributed by atoms with Crippen LogP contribution in [0.3, 0.4) is 0 Å². The molecule has 9 nitrogen and oxygen atoms in total. The van der Waals surface area contributed by atoms with E-state index in [1.165, 1.54) is 6.07 Å². The van der Waals surface area contributed by atoms with Crippen LogP contribution < -0.4 is 5.32 Å². The standard InChI is InChI=1S/C21H23N3O6S/c1-31(29,30)19-10-9-16(14-18(19)24(27)28)20(25)22-17(13-15-7-3-2-4-8-15)21(26)23-11-5-6-12-23/h2-4,7-10,14,17H,5-6,11-13H2,1H3,(H,22,25). The van der Waals surface area contributed by atoms with Gasteiger partial charge in [0.15, 0.2) is 9.84 Å². The molecule has 164 valence electrons. The first-order valence-corrected chi connectivity index (χ1v) is 11.7. The second kappa shape index (κ2) is 9.25. The molecule has 1 N–H and O–H groups in total. The van der Waals surface area contributed by atoms with Crippen molar-refractivity contribution in [2.75, 3.05) is 19.3 Å². The Morgan fingerprint density at radius 1 is 1.13 bits per heavy atom. The van der Waals surface area contributed by atoms with E-state index in [0.29, 0.717) is 13.1 Å². The number of rotatable bonds is 7. The largest absolute Gasteiger partial charge is 0.341 e. The maximum absolute atomic E-state index is 13.0. The van der Waals surface area contributed by atoms with Crippen LogP contribution in [0.15, 0.2) is 53.4 Å². The molecule has 2 aromatic rings. The number of sulfone groups is 1. The van der Waals surface area contributed by atoms with E-state index in [-0.39, 0.29) is 17.9 Å². The maximum atomic E-state index is 13.0. The molecule has 1 saturated heterocycles. The lowest BCUT2D eigenvalue weighted by Gasteiger charge is -2.24. The molecule has 2 aromatic carbocycles. The summed E-state index contributed by atoms with van der Waals surface area (Å²) in [4.78, 5) is 37.6. The lowest BCUT2D eigenvalue weighted by Crippen LogP contribution is -2.49. The lowest BCUT2D eigenvalue weighted by molar-refractivity contribution is -0.387. The van der Waals surface area contributed by atoms with Gasteiger partial charge in [0.25, 0.3) is 11.6 Å². The summed E-state index contributed by atoms with van der Waals surface area (Å²) in [5.41, 5.74) is 0.0887. The van der Waals surface area contributed by atoms with Gasteiger partial charge in [0.05, 0.1) is 4.92 Å². The Bertz CT molecular complexity index is 1100. The molecule has 1 heterocycles. The first kappa shape index (κ1) is 22.4. The number of carbonyl (C=O) groups is 2. The predicted molar refractivity (Wildman–Crippen MR) is 113 cm³/mol. The van der Waals surface area contributed by atoms with E-state index < -0.39 is 37.3 Å². The minimum atomic E-state index is -3.84. The molecule has 0 bridgehead atoms. The fourth-order valence-corrected chi connectivity index (χ4v) is 4.39. The van der Waals surface area contributed by atoms with Crippen LogP contribution in [0.5, 0.6) is 0 Å². The van der Waals surface area contributed by atoms with Gasteiger partial charge in [0.2, 0.25) is 5.91 Å². The number of nitro groups is 1. The van der Waals surface area contributed by atoms with Crippen molar-refractivity contribution in [3.05, 3.63) is 69.8 Å². The van der Waals surface area contributed by atoms with E-state index >= 15 is 0 Å². The second-order valence-electron chi connectivity index (χ2n) is 7.46. The van der Waals surface area contributed by atoms with Gasteiger partial charge in [-0.25, -0.2) is 8.42 Å². The van der Waals surface area contributed by atoms with Gasteiger partial charge in [-0.15, -0.1) is 0 Å². The first-order chi connectivity index (χ1) is 14.7. The van der Waals surface area contributed by atoms with Crippen LogP contribution in [0.25, 0.3) is 0 Å². The highest BCUT2D eigenvalue weighted by Gasteiger charge is 2.29. The zero-order chi connectivity index (χ0) is 22.6. The minimum absolute atomic E-state index is 0.0913. The molecule has 10 heteroatoms. The zero-order valence-electron chi connectivity index (χ0n) is 17.0. The van der Waals surface area contributed by atoms with Crippen LogP contribution in [-0.2, 0) is 21.1 Å². The van der Waals surface area contributed by atoms with Crippen LogP contribution in [0.1, 0.15) is 28.8 Å². The number of nitrogens with one attached hydrogen (secondary N) is 1. The topological polar surface area (TPSA) is 127 Å². The van der Waals surface area contributed by atoms with Gasteiger partial charge in [-0.3, -0.25) is 19.7 Å². The molecule has 0 spiro atoms. The highest BCUT2D eigenvalue weighted by molar-refractivity contribution is 7.90. The Labute approximate surface area is 180 Å². The third-order valence-electron chi connectivity index (χ3n) is 5.12. The summed E-state index contributed by atoms with van der Waals surface area (Å²) in [6.07, 6.45) is 2.93.